The minimum atomic E-state index is -4.83. The summed E-state index contributed by atoms with van der Waals surface area (Å²) in [6.45, 7) is 2.62. The minimum absolute atomic E-state index is 0.0187. The molecule has 2 aromatic carbocycles. The topological polar surface area (TPSA) is 51.2 Å². The quantitative estimate of drug-likeness (QED) is 0.496. The van der Waals surface area contributed by atoms with E-state index in [0.717, 1.165) is 36.5 Å². The van der Waals surface area contributed by atoms with Crippen LogP contribution in [0.15, 0.2) is 42.6 Å². The average Bonchev–Trinajstić information content (AvgIpc) is 2.94. The fourth-order valence-corrected chi connectivity index (χ4v) is 3.48. The van der Waals surface area contributed by atoms with Crippen molar-refractivity contribution in [2.45, 2.75) is 44.4 Å². The number of hydrogen-bond acceptors (Lipinski definition) is 2. The first-order valence-electron chi connectivity index (χ1n) is 9.13. The summed E-state index contributed by atoms with van der Waals surface area (Å²) in [7, 11) is 0. The third-order valence-corrected chi connectivity index (χ3v) is 4.77. The minimum Gasteiger partial charge on any atom is -0.389 e. The molecule has 1 heterocycles. The van der Waals surface area contributed by atoms with Crippen LogP contribution in [-0.2, 0) is 12.7 Å². The van der Waals surface area contributed by atoms with Crippen LogP contribution in [0.3, 0.4) is 0 Å². The van der Waals surface area contributed by atoms with E-state index >= 15 is 0 Å². The van der Waals surface area contributed by atoms with Gasteiger partial charge in [0.2, 0.25) is 0 Å². The first kappa shape index (κ1) is 23.1. The molecule has 0 radical (unpaired) electrons. The van der Waals surface area contributed by atoms with Crippen molar-refractivity contribution in [3.63, 3.8) is 0 Å². The standard InChI is InChI=1S/C21H19F7N2O/c1-19(2,31)10-30-9-14(18(29)21(26,27)28)13-7-16(22)12(8-17(13)30)11-5-3-4-6-15(11)20(23,24)25/h3-9,18,31H,10,29H2,1-2H3/t18-/m0/s1. The van der Waals surface area contributed by atoms with Gasteiger partial charge in [-0.25, -0.2) is 4.39 Å². The second-order valence-corrected chi connectivity index (χ2v) is 7.94. The molecule has 3 nitrogen and oxygen atoms in total. The molecular formula is C21H19F7N2O. The van der Waals surface area contributed by atoms with Crippen LogP contribution < -0.4 is 5.73 Å². The Hall–Kier alpha value is -2.59. The maximum atomic E-state index is 14.9. The van der Waals surface area contributed by atoms with E-state index in [1.807, 2.05) is 0 Å². The Labute approximate surface area is 172 Å². The van der Waals surface area contributed by atoms with Gasteiger partial charge in [-0.15, -0.1) is 0 Å². The molecule has 0 saturated carbocycles. The monoisotopic (exact) mass is 448 g/mol. The third-order valence-electron chi connectivity index (χ3n) is 4.77. The lowest BCUT2D eigenvalue weighted by atomic mass is 9.96. The van der Waals surface area contributed by atoms with E-state index < -0.39 is 52.1 Å². The van der Waals surface area contributed by atoms with Crippen molar-refractivity contribution in [2.24, 2.45) is 5.73 Å². The summed E-state index contributed by atoms with van der Waals surface area (Å²) in [6.07, 6.45) is -8.55. The van der Waals surface area contributed by atoms with Crippen molar-refractivity contribution >= 4 is 10.9 Å². The molecule has 0 aliphatic heterocycles. The van der Waals surface area contributed by atoms with Crippen LogP contribution in [-0.4, -0.2) is 21.5 Å². The van der Waals surface area contributed by atoms with Crippen LogP contribution in [0.1, 0.15) is 31.0 Å². The molecule has 0 bridgehead atoms. The van der Waals surface area contributed by atoms with Gasteiger partial charge in [0.1, 0.15) is 11.9 Å². The summed E-state index contributed by atoms with van der Waals surface area (Å²) < 4.78 is 96.1. The Morgan fingerprint density at radius 3 is 2.16 bits per heavy atom. The number of fused-ring (bicyclic) bond motifs is 1. The highest BCUT2D eigenvalue weighted by atomic mass is 19.4. The summed E-state index contributed by atoms with van der Waals surface area (Å²) in [6, 6.07) is 3.69. The Morgan fingerprint density at radius 1 is 1.00 bits per heavy atom. The lowest BCUT2D eigenvalue weighted by Crippen LogP contribution is -2.28. The molecule has 0 aliphatic rings. The summed E-state index contributed by atoms with van der Waals surface area (Å²) in [5.74, 6) is -1.12. The Morgan fingerprint density at radius 2 is 1.61 bits per heavy atom. The first-order valence-corrected chi connectivity index (χ1v) is 9.13. The second kappa shape index (κ2) is 7.52. The lowest BCUT2D eigenvalue weighted by molar-refractivity contribution is -0.148. The normalized spacial score (nSPS) is 14.3. The third kappa shape index (κ3) is 4.69. The number of aliphatic hydroxyl groups is 1. The van der Waals surface area contributed by atoms with Gasteiger partial charge in [0, 0.05) is 28.2 Å². The highest BCUT2D eigenvalue weighted by molar-refractivity contribution is 5.89. The van der Waals surface area contributed by atoms with Crippen LogP contribution in [0.25, 0.3) is 22.0 Å². The van der Waals surface area contributed by atoms with Gasteiger partial charge < -0.3 is 15.4 Å². The van der Waals surface area contributed by atoms with Crippen molar-refractivity contribution < 1.29 is 35.8 Å². The van der Waals surface area contributed by atoms with Gasteiger partial charge >= 0.3 is 12.4 Å². The molecule has 0 unspecified atom stereocenters. The molecule has 1 atom stereocenters. The molecule has 3 aromatic rings. The zero-order valence-electron chi connectivity index (χ0n) is 16.4. The van der Waals surface area contributed by atoms with Crippen LogP contribution in [0.5, 0.6) is 0 Å². The zero-order valence-corrected chi connectivity index (χ0v) is 16.4. The number of rotatable bonds is 4. The molecule has 1 aromatic heterocycles. The molecule has 0 spiro atoms. The maximum Gasteiger partial charge on any atom is 0.417 e. The first-order chi connectivity index (χ1) is 14.1. The van der Waals surface area contributed by atoms with E-state index in [9.17, 15) is 35.8 Å². The molecule has 10 heteroatoms. The van der Waals surface area contributed by atoms with Gasteiger partial charge in [0.05, 0.1) is 17.7 Å². The lowest BCUT2D eigenvalue weighted by Gasteiger charge is -2.19. The van der Waals surface area contributed by atoms with E-state index in [1.165, 1.54) is 24.5 Å². The number of aromatic nitrogens is 1. The van der Waals surface area contributed by atoms with Crippen LogP contribution in [0.2, 0.25) is 0 Å². The molecule has 168 valence electrons. The molecule has 0 amide bonds. The highest BCUT2D eigenvalue weighted by Gasteiger charge is 2.40. The number of nitrogens with two attached hydrogens (primary N) is 1. The van der Waals surface area contributed by atoms with E-state index in [1.54, 1.807) is 0 Å². The highest BCUT2D eigenvalue weighted by Crippen LogP contribution is 2.41. The van der Waals surface area contributed by atoms with Gasteiger partial charge in [-0.3, -0.25) is 0 Å². The molecule has 0 aliphatic carbocycles. The van der Waals surface area contributed by atoms with Gasteiger partial charge in [-0.05, 0) is 37.6 Å². The number of nitrogens with zero attached hydrogens (tertiary/aromatic N) is 1. The maximum absolute atomic E-state index is 14.9. The fourth-order valence-electron chi connectivity index (χ4n) is 3.48. The van der Waals surface area contributed by atoms with Gasteiger partial charge in [0.25, 0.3) is 0 Å². The molecular weight excluding hydrogens is 429 g/mol. The van der Waals surface area contributed by atoms with E-state index in [2.05, 4.69) is 0 Å². The Bertz CT molecular complexity index is 1110. The number of benzene rings is 2. The van der Waals surface area contributed by atoms with Crippen LogP contribution in [0.4, 0.5) is 30.7 Å². The van der Waals surface area contributed by atoms with Crippen molar-refractivity contribution in [2.75, 3.05) is 0 Å². The SMILES string of the molecule is CC(C)(O)Cn1cc([C@H](N)C(F)(F)F)c2cc(F)c(-c3ccccc3C(F)(F)F)cc21. The Balaban J connectivity index is 2.32. The second-order valence-electron chi connectivity index (χ2n) is 7.94. The molecule has 3 rings (SSSR count). The van der Waals surface area contributed by atoms with Crippen LogP contribution >= 0.6 is 0 Å². The summed E-state index contributed by atoms with van der Waals surface area (Å²) in [5.41, 5.74) is 1.57. The van der Waals surface area contributed by atoms with Gasteiger partial charge in [-0.1, -0.05) is 18.2 Å². The van der Waals surface area contributed by atoms with Crippen LogP contribution in [0, 0.1) is 5.82 Å². The fraction of sp³-hybridized carbons (Fsp3) is 0.333. The average molecular weight is 448 g/mol. The van der Waals surface area contributed by atoms with Crippen molar-refractivity contribution in [3.05, 3.63) is 59.5 Å². The van der Waals surface area contributed by atoms with Gasteiger partial charge in [0.15, 0.2) is 0 Å². The number of hydrogen-bond donors (Lipinski definition) is 2. The summed E-state index contributed by atoms with van der Waals surface area (Å²) >= 11 is 0. The summed E-state index contributed by atoms with van der Waals surface area (Å²) in [4.78, 5) is 0. The smallest absolute Gasteiger partial charge is 0.389 e. The largest absolute Gasteiger partial charge is 0.417 e. The molecule has 0 saturated heterocycles. The molecule has 0 fully saturated rings. The number of alkyl halides is 6. The van der Waals surface area contributed by atoms with Gasteiger partial charge in [-0.2, -0.15) is 26.3 Å². The van der Waals surface area contributed by atoms with Crippen molar-refractivity contribution in [1.82, 2.24) is 4.57 Å². The number of halogens is 7. The van der Waals surface area contributed by atoms with E-state index in [0.29, 0.717) is 0 Å². The van der Waals surface area contributed by atoms with Crippen molar-refractivity contribution in [3.8, 4) is 11.1 Å². The zero-order chi connectivity index (χ0) is 23.4. The molecule has 31 heavy (non-hydrogen) atoms. The van der Waals surface area contributed by atoms with E-state index in [4.69, 9.17) is 5.73 Å². The molecule has 3 N–H and O–H groups in total. The Kier molecular flexibility index (Phi) is 5.60. The summed E-state index contributed by atoms with van der Waals surface area (Å²) in [5, 5.41) is 9.94. The predicted molar refractivity (Wildman–Crippen MR) is 102 cm³/mol. The van der Waals surface area contributed by atoms with E-state index in [-0.39, 0.29) is 17.4 Å². The van der Waals surface area contributed by atoms with Crippen molar-refractivity contribution in [1.29, 1.82) is 0 Å². The predicted octanol–water partition coefficient (Wildman–Crippen LogP) is 5.80.